The molecule has 0 saturated carbocycles. The van der Waals surface area contributed by atoms with Gasteiger partial charge in [-0.05, 0) is 23.8 Å². The van der Waals surface area contributed by atoms with Crippen LogP contribution in [0.15, 0.2) is 42.6 Å². The predicted molar refractivity (Wildman–Crippen MR) is 73.4 cm³/mol. The molecule has 1 amide bonds. The SMILES string of the molecule is COc1ncccc1C(=O)NCc1ccccc1Cl. The third-order valence-corrected chi connectivity index (χ3v) is 2.98. The highest BCUT2D eigenvalue weighted by Crippen LogP contribution is 2.16. The molecule has 0 radical (unpaired) electrons. The number of ether oxygens (including phenoxy) is 1. The minimum atomic E-state index is -0.245. The van der Waals surface area contributed by atoms with E-state index in [0.717, 1.165) is 5.56 Å². The van der Waals surface area contributed by atoms with E-state index >= 15 is 0 Å². The molecule has 0 aliphatic carbocycles. The molecule has 0 fully saturated rings. The van der Waals surface area contributed by atoms with Crippen LogP contribution in [-0.2, 0) is 6.54 Å². The first-order valence-electron chi connectivity index (χ1n) is 5.73. The van der Waals surface area contributed by atoms with E-state index in [0.29, 0.717) is 23.0 Å². The lowest BCUT2D eigenvalue weighted by atomic mass is 10.2. The Kier molecular flexibility index (Phi) is 4.36. The molecule has 2 aromatic rings. The van der Waals surface area contributed by atoms with Crippen LogP contribution in [0.25, 0.3) is 0 Å². The largest absolute Gasteiger partial charge is 0.480 e. The highest BCUT2D eigenvalue weighted by molar-refractivity contribution is 6.31. The normalized spacial score (nSPS) is 10.0. The van der Waals surface area contributed by atoms with Crippen LogP contribution in [0.4, 0.5) is 0 Å². The zero-order valence-electron chi connectivity index (χ0n) is 10.4. The van der Waals surface area contributed by atoms with Crippen molar-refractivity contribution in [3.05, 3.63) is 58.7 Å². The standard InChI is InChI=1S/C14H13ClN2O2/c1-19-14-11(6-4-8-16-14)13(18)17-9-10-5-2-3-7-12(10)15/h2-8H,9H2,1H3,(H,17,18). The minimum absolute atomic E-state index is 0.245. The van der Waals surface area contributed by atoms with Crippen molar-refractivity contribution in [2.75, 3.05) is 7.11 Å². The molecule has 1 heterocycles. The highest BCUT2D eigenvalue weighted by atomic mass is 35.5. The Morgan fingerprint density at radius 2 is 2.11 bits per heavy atom. The molecule has 0 aliphatic heterocycles. The van der Waals surface area contributed by atoms with E-state index in [1.54, 1.807) is 24.4 Å². The summed E-state index contributed by atoms with van der Waals surface area (Å²) >= 11 is 6.02. The maximum Gasteiger partial charge on any atom is 0.257 e. The van der Waals surface area contributed by atoms with Crippen LogP contribution in [0.5, 0.6) is 5.88 Å². The van der Waals surface area contributed by atoms with Crippen molar-refractivity contribution >= 4 is 17.5 Å². The van der Waals surface area contributed by atoms with Crippen molar-refractivity contribution in [3.63, 3.8) is 0 Å². The van der Waals surface area contributed by atoms with Crippen molar-refractivity contribution in [3.8, 4) is 5.88 Å². The van der Waals surface area contributed by atoms with E-state index in [1.165, 1.54) is 7.11 Å². The summed E-state index contributed by atoms with van der Waals surface area (Å²) in [6.45, 7) is 0.358. The molecule has 0 bridgehead atoms. The summed E-state index contributed by atoms with van der Waals surface area (Å²) in [5, 5.41) is 3.41. The minimum Gasteiger partial charge on any atom is -0.480 e. The molecule has 0 aliphatic rings. The summed E-state index contributed by atoms with van der Waals surface area (Å²) in [5.74, 6) is 0.0593. The Bertz CT molecular complexity index is 587. The topological polar surface area (TPSA) is 51.2 Å². The summed E-state index contributed by atoms with van der Waals surface area (Å²) < 4.78 is 5.04. The lowest BCUT2D eigenvalue weighted by Crippen LogP contribution is -2.23. The van der Waals surface area contributed by atoms with Gasteiger partial charge in [-0.3, -0.25) is 4.79 Å². The molecule has 5 heteroatoms. The second kappa shape index (κ2) is 6.20. The van der Waals surface area contributed by atoms with Gasteiger partial charge in [0.25, 0.3) is 5.91 Å². The summed E-state index contributed by atoms with van der Waals surface area (Å²) in [6.07, 6.45) is 1.57. The predicted octanol–water partition coefficient (Wildman–Crippen LogP) is 2.67. The van der Waals surface area contributed by atoms with Gasteiger partial charge in [0.05, 0.1) is 7.11 Å². The van der Waals surface area contributed by atoms with Gasteiger partial charge in [0, 0.05) is 17.8 Å². The summed E-state index contributed by atoms with van der Waals surface area (Å²) in [5.41, 5.74) is 1.26. The van der Waals surface area contributed by atoms with Crippen LogP contribution in [0.3, 0.4) is 0 Å². The molecule has 0 unspecified atom stereocenters. The van der Waals surface area contributed by atoms with Gasteiger partial charge in [-0.1, -0.05) is 29.8 Å². The lowest BCUT2D eigenvalue weighted by molar-refractivity contribution is 0.0947. The third kappa shape index (κ3) is 3.23. The van der Waals surface area contributed by atoms with E-state index in [9.17, 15) is 4.79 Å². The second-order valence-corrected chi connectivity index (χ2v) is 4.24. The van der Waals surface area contributed by atoms with Crippen molar-refractivity contribution in [2.24, 2.45) is 0 Å². The number of methoxy groups -OCH3 is 1. The number of hydrogen-bond acceptors (Lipinski definition) is 3. The number of hydrogen-bond donors (Lipinski definition) is 1. The first-order chi connectivity index (χ1) is 9.22. The quantitative estimate of drug-likeness (QED) is 0.934. The van der Waals surface area contributed by atoms with Gasteiger partial charge in [0.15, 0.2) is 0 Å². The van der Waals surface area contributed by atoms with Crippen LogP contribution in [0, 0.1) is 0 Å². The van der Waals surface area contributed by atoms with Crippen molar-refractivity contribution in [1.82, 2.24) is 10.3 Å². The van der Waals surface area contributed by atoms with Gasteiger partial charge in [-0.25, -0.2) is 4.98 Å². The van der Waals surface area contributed by atoms with Gasteiger partial charge in [-0.15, -0.1) is 0 Å². The fourth-order valence-corrected chi connectivity index (χ4v) is 1.84. The Labute approximate surface area is 116 Å². The van der Waals surface area contributed by atoms with E-state index in [4.69, 9.17) is 16.3 Å². The molecular weight excluding hydrogens is 264 g/mol. The fourth-order valence-electron chi connectivity index (χ4n) is 1.64. The van der Waals surface area contributed by atoms with Crippen LogP contribution < -0.4 is 10.1 Å². The molecule has 1 aromatic heterocycles. The molecule has 0 spiro atoms. The van der Waals surface area contributed by atoms with Crippen molar-refractivity contribution < 1.29 is 9.53 Å². The molecule has 19 heavy (non-hydrogen) atoms. The summed E-state index contributed by atoms with van der Waals surface area (Å²) in [7, 11) is 1.48. The van der Waals surface area contributed by atoms with Crippen molar-refractivity contribution in [2.45, 2.75) is 6.54 Å². The van der Waals surface area contributed by atoms with Crippen LogP contribution >= 0.6 is 11.6 Å². The second-order valence-electron chi connectivity index (χ2n) is 3.83. The number of halogens is 1. The zero-order valence-corrected chi connectivity index (χ0v) is 11.1. The van der Waals surface area contributed by atoms with E-state index < -0.39 is 0 Å². The van der Waals surface area contributed by atoms with Gasteiger partial charge in [0.1, 0.15) is 5.56 Å². The van der Waals surface area contributed by atoms with Gasteiger partial charge in [0.2, 0.25) is 5.88 Å². The number of rotatable bonds is 4. The lowest BCUT2D eigenvalue weighted by Gasteiger charge is -2.09. The number of benzene rings is 1. The molecule has 98 valence electrons. The Balaban J connectivity index is 2.08. The van der Waals surface area contributed by atoms with Crippen LogP contribution in [-0.4, -0.2) is 18.0 Å². The van der Waals surface area contributed by atoms with E-state index in [1.807, 2.05) is 18.2 Å². The van der Waals surface area contributed by atoms with Crippen LogP contribution in [0.1, 0.15) is 15.9 Å². The first-order valence-corrected chi connectivity index (χ1v) is 6.11. The fraction of sp³-hybridized carbons (Fsp3) is 0.143. The van der Waals surface area contributed by atoms with E-state index in [-0.39, 0.29) is 5.91 Å². The number of pyridine rings is 1. The molecule has 4 nitrogen and oxygen atoms in total. The number of aromatic nitrogens is 1. The van der Waals surface area contributed by atoms with Gasteiger partial charge < -0.3 is 10.1 Å². The maximum atomic E-state index is 12.0. The van der Waals surface area contributed by atoms with Gasteiger partial charge in [-0.2, -0.15) is 0 Å². The van der Waals surface area contributed by atoms with Crippen molar-refractivity contribution in [1.29, 1.82) is 0 Å². The average Bonchev–Trinajstić information content (AvgIpc) is 2.46. The smallest absolute Gasteiger partial charge is 0.257 e. The molecule has 1 N–H and O–H groups in total. The first kappa shape index (κ1) is 13.4. The van der Waals surface area contributed by atoms with Gasteiger partial charge >= 0.3 is 0 Å². The highest BCUT2D eigenvalue weighted by Gasteiger charge is 2.12. The summed E-state index contributed by atoms with van der Waals surface area (Å²) in [4.78, 5) is 16.0. The zero-order chi connectivity index (χ0) is 13.7. The Morgan fingerprint density at radius 1 is 1.32 bits per heavy atom. The number of nitrogens with zero attached hydrogens (tertiary/aromatic N) is 1. The maximum absolute atomic E-state index is 12.0. The number of nitrogens with one attached hydrogen (secondary N) is 1. The Hall–Kier alpha value is -2.07. The summed E-state index contributed by atoms with van der Waals surface area (Å²) in [6, 6.07) is 10.7. The molecule has 0 saturated heterocycles. The molecular formula is C14H13ClN2O2. The van der Waals surface area contributed by atoms with E-state index in [2.05, 4.69) is 10.3 Å². The Morgan fingerprint density at radius 3 is 2.84 bits per heavy atom. The molecule has 2 rings (SSSR count). The third-order valence-electron chi connectivity index (χ3n) is 2.61. The number of amides is 1. The van der Waals surface area contributed by atoms with Crippen LogP contribution in [0.2, 0.25) is 5.02 Å². The monoisotopic (exact) mass is 276 g/mol. The number of carbonyl (C=O) groups is 1. The average molecular weight is 277 g/mol. The molecule has 0 atom stereocenters. The molecule has 1 aromatic carbocycles. The number of carbonyl (C=O) groups excluding carboxylic acids is 1.